The zero-order valence-electron chi connectivity index (χ0n) is 4.26. The Morgan fingerprint density at radius 2 is 2.62 bits per heavy atom. The number of aromatic nitrogens is 1. The van der Waals surface area contributed by atoms with E-state index in [0.717, 1.165) is 5.33 Å². The number of hydrogen-bond donors (Lipinski definition) is 0. The average Bonchev–Trinajstić information content (AvgIpc) is 1.90. The first-order valence-electron chi connectivity index (χ1n) is 2.30. The van der Waals surface area contributed by atoms with Crippen LogP contribution in [0, 0.1) is 6.20 Å². The lowest BCUT2D eigenvalue weighted by atomic mass is 10.3. The van der Waals surface area contributed by atoms with Gasteiger partial charge in [-0.1, -0.05) is 22.0 Å². The standard InChI is InChI=1S/C6H5BrN/c7-4-6-2-1-3-8-5-6/h1-2,5H,4H2. The third-order valence-corrected chi connectivity index (χ3v) is 1.48. The Balaban J connectivity index is 2.83. The molecule has 0 amide bonds. The zero-order chi connectivity index (χ0) is 5.82. The van der Waals surface area contributed by atoms with Crippen molar-refractivity contribution >= 4 is 15.9 Å². The molecule has 1 rings (SSSR count). The van der Waals surface area contributed by atoms with E-state index >= 15 is 0 Å². The maximum absolute atomic E-state index is 3.80. The molecule has 8 heavy (non-hydrogen) atoms. The molecule has 0 aliphatic heterocycles. The molecule has 1 aromatic rings. The molecule has 0 aliphatic rings. The van der Waals surface area contributed by atoms with Crippen molar-refractivity contribution in [2.24, 2.45) is 0 Å². The molecular formula is C6H5BrN. The molecule has 1 nitrogen and oxygen atoms in total. The Labute approximate surface area is 56.9 Å². The molecule has 0 bridgehead atoms. The number of rotatable bonds is 1. The number of hydrogen-bond acceptors (Lipinski definition) is 1. The van der Waals surface area contributed by atoms with E-state index in [-0.39, 0.29) is 0 Å². The van der Waals surface area contributed by atoms with Gasteiger partial charge in [0.1, 0.15) is 0 Å². The van der Waals surface area contributed by atoms with Gasteiger partial charge in [-0.05, 0) is 11.6 Å². The fourth-order valence-electron chi connectivity index (χ4n) is 0.430. The SMILES string of the molecule is BrCc1cc[c]nc1. The van der Waals surface area contributed by atoms with Crippen LogP contribution in [0.25, 0.3) is 0 Å². The average molecular weight is 171 g/mol. The van der Waals surface area contributed by atoms with Crippen LogP contribution < -0.4 is 0 Å². The van der Waals surface area contributed by atoms with Crippen molar-refractivity contribution in [2.75, 3.05) is 0 Å². The van der Waals surface area contributed by atoms with Gasteiger partial charge in [-0.15, -0.1) is 0 Å². The maximum atomic E-state index is 3.80. The van der Waals surface area contributed by atoms with E-state index in [1.54, 1.807) is 12.3 Å². The van der Waals surface area contributed by atoms with Crippen LogP contribution in [-0.4, -0.2) is 4.98 Å². The van der Waals surface area contributed by atoms with Crippen molar-refractivity contribution in [3.8, 4) is 0 Å². The first-order valence-corrected chi connectivity index (χ1v) is 3.42. The van der Waals surface area contributed by atoms with Crippen molar-refractivity contribution in [2.45, 2.75) is 5.33 Å². The highest BCUT2D eigenvalue weighted by molar-refractivity contribution is 9.08. The van der Waals surface area contributed by atoms with Crippen molar-refractivity contribution in [1.29, 1.82) is 0 Å². The third kappa shape index (κ3) is 1.30. The molecule has 0 saturated heterocycles. The summed E-state index contributed by atoms with van der Waals surface area (Å²) in [4.78, 5) is 3.80. The lowest BCUT2D eigenvalue weighted by molar-refractivity contribution is 1.25. The van der Waals surface area contributed by atoms with Gasteiger partial charge in [-0.25, -0.2) is 0 Å². The van der Waals surface area contributed by atoms with E-state index < -0.39 is 0 Å². The Hall–Kier alpha value is -0.370. The molecule has 0 fully saturated rings. The second kappa shape index (κ2) is 2.82. The summed E-state index contributed by atoms with van der Waals surface area (Å²) in [7, 11) is 0. The van der Waals surface area contributed by atoms with Gasteiger partial charge in [0.05, 0.1) is 6.20 Å². The largest absolute Gasteiger partial charge is 0.254 e. The first-order chi connectivity index (χ1) is 3.93. The topological polar surface area (TPSA) is 12.9 Å². The number of alkyl halides is 1. The molecule has 0 aliphatic carbocycles. The molecule has 0 aromatic carbocycles. The molecule has 0 N–H and O–H groups in total. The van der Waals surface area contributed by atoms with Crippen LogP contribution in [0.5, 0.6) is 0 Å². The van der Waals surface area contributed by atoms with Crippen LogP contribution in [0.4, 0.5) is 0 Å². The normalized spacial score (nSPS) is 9.12. The summed E-state index contributed by atoms with van der Waals surface area (Å²) in [6.45, 7) is 0. The smallest absolute Gasteiger partial charge is 0.0886 e. The highest BCUT2D eigenvalue weighted by Gasteiger charge is 1.82. The summed E-state index contributed by atoms with van der Waals surface area (Å²) in [5, 5.41) is 0.870. The fraction of sp³-hybridized carbons (Fsp3) is 0.167. The summed E-state index contributed by atoms with van der Waals surface area (Å²) in [5.41, 5.74) is 1.18. The second-order valence-corrected chi connectivity index (χ2v) is 1.99. The van der Waals surface area contributed by atoms with Crippen LogP contribution in [0.2, 0.25) is 0 Å². The van der Waals surface area contributed by atoms with Crippen LogP contribution in [0.3, 0.4) is 0 Å². The predicted molar refractivity (Wildman–Crippen MR) is 35.7 cm³/mol. The minimum absolute atomic E-state index is 0.870. The Morgan fingerprint density at radius 3 is 3.00 bits per heavy atom. The van der Waals surface area contributed by atoms with Gasteiger partial charge in [0.25, 0.3) is 0 Å². The van der Waals surface area contributed by atoms with Gasteiger partial charge >= 0.3 is 0 Å². The monoisotopic (exact) mass is 170 g/mol. The van der Waals surface area contributed by atoms with Crippen LogP contribution in [0.15, 0.2) is 18.3 Å². The van der Waals surface area contributed by atoms with E-state index in [4.69, 9.17) is 0 Å². The Morgan fingerprint density at radius 1 is 1.75 bits per heavy atom. The van der Waals surface area contributed by atoms with E-state index in [1.807, 2.05) is 6.07 Å². The van der Waals surface area contributed by atoms with E-state index in [9.17, 15) is 0 Å². The highest BCUT2D eigenvalue weighted by atomic mass is 79.9. The number of nitrogens with zero attached hydrogens (tertiary/aromatic N) is 1. The Bertz CT molecular complexity index is 150. The van der Waals surface area contributed by atoms with E-state index in [2.05, 4.69) is 27.1 Å². The summed E-state index contributed by atoms with van der Waals surface area (Å²) >= 11 is 3.30. The number of halogens is 1. The summed E-state index contributed by atoms with van der Waals surface area (Å²) in [5.74, 6) is 0. The van der Waals surface area contributed by atoms with Gasteiger partial charge < -0.3 is 0 Å². The molecule has 2 heteroatoms. The van der Waals surface area contributed by atoms with Crippen LogP contribution in [0.1, 0.15) is 5.56 Å². The quantitative estimate of drug-likeness (QED) is 0.586. The zero-order valence-corrected chi connectivity index (χ0v) is 5.85. The van der Waals surface area contributed by atoms with E-state index in [0.29, 0.717) is 0 Å². The van der Waals surface area contributed by atoms with E-state index in [1.165, 1.54) is 5.56 Å². The minimum Gasteiger partial charge on any atom is -0.254 e. The minimum atomic E-state index is 0.870. The van der Waals surface area contributed by atoms with Crippen molar-refractivity contribution in [3.05, 3.63) is 30.1 Å². The molecule has 41 valence electrons. The first kappa shape index (κ1) is 5.76. The van der Waals surface area contributed by atoms with Gasteiger partial charge in [-0.3, -0.25) is 4.98 Å². The van der Waals surface area contributed by atoms with Gasteiger partial charge in [0.2, 0.25) is 0 Å². The molecular weight excluding hydrogens is 166 g/mol. The molecule has 0 unspecified atom stereocenters. The fourth-order valence-corrected chi connectivity index (χ4v) is 0.761. The molecule has 1 aromatic heterocycles. The summed E-state index contributed by atoms with van der Waals surface area (Å²) in [6, 6.07) is 3.78. The molecule has 1 heterocycles. The second-order valence-electron chi connectivity index (χ2n) is 1.43. The molecule has 0 spiro atoms. The lowest BCUT2D eigenvalue weighted by Gasteiger charge is -1.87. The van der Waals surface area contributed by atoms with Gasteiger partial charge in [0.15, 0.2) is 0 Å². The lowest BCUT2D eigenvalue weighted by Crippen LogP contribution is -1.75. The predicted octanol–water partition coefficient (Wildman–Crippen LogP) is 1.78. The highest BCUT2D eigenvalue weighted by Crippen LogP contribution is 1.99. The summed E-state index contributed by atoms with van der Waals surface area (Å²) < 4.78 is 0. The molecule has 0 atom stereocenters. The van der Waals surface area contributed by atoms with Crippen LogP contribution >= 0.6 is 15.9 Å². The van der Waals surface area contributed by atoms with Crippen molar-refractivity contribution in [3.63, 3.8) is 0 Å². The van der Waals surface area contributed by atoms with Crippen LogP contribution in [-0.2, 0) is 5.33 Å². The van der Waals surface area contributed by atoms with Crippen molar-refractivity contribution < 1.29 is 0 Å². The number of pyridine rings is 1. The van der Waals surface area contributed by atoms with Crippen molar-refractivity contribution in [1.82, 2.24) is 4.98 Å². The molecule has 0 saturated carbocycles. The Kier molecular flexibility index (Phi) is 2.03. The summed E-state index contributed by atoms with van der Waals surface area (Å²) in [6.07, 6.45) is 4.48. The van der Waals surface area contributed by atoms with Gasteiger partial charge in [-0.2, -0.15) is 0 Å². The third-order valence-electron chi connectivity index (χ3n) is 0.831. The van der Waals surface area contributed by atoms with Gasteiger partial charge in [0, 0.05) is 11.5 Å². The molecule has 1 radical (unpaired) electrons. The maximum Gasteiger partial charge on any atom is 0.0886 e.